The van der Waals surface area contributed by atoms with E-state index in [2.05, 4.69) is 234 Å². The van der Waals surface area contributed by atoms with Gasteiger partial charge in [0.1, 0.15) is 0 Å². The van der Waals surface area contributed by atoms with E-state index >= 15 is 0 Å². The van der Waals surface area contributed by atoms with Gasteiger partial charge in [-0.1, -0.05) is 191 Å². The van der Waals surface area contributed by atoms with Crippen molar-refractivity contribution in [2.24, 2.45) is 0 Å². The molecule has 0 fully saturated rings. The molecule has 344 valence electrons. The Labute approximate surface area is 440 Å². The van der Waals surface area contributed by atoms with Crippen LogP contribution in [0, 0.1) is 18.2 Å². The number of hydrogen-bond donors (Lipinski definition) is 0. The van der Waals surface area contributed by atoms with E-state index in [9.17, 15) is 0 Å². The van der Waals surface area contributed by atoms with Crippen molar-refractivity contribution in [3.63, 3.8) is 0 Å². The summed E-state index contributed by atoms with van der Waals surface area (Å²) >= 11 is 0. The number of aromatic nitrogens is 3. The molecule has 0 saturated carbocycles. The minimum atomic E-state index is 0. The number of rotatable bonds is 11. The van der Waals surface area contributed by atoms with E-state index in [1.807, 2.05) is 61.1 Å². The van der Waals surface area contributed by atoms with Crippen molar-refractivity contribution in [1.29, 1.82) is 0 Å². The number of nitrogens with zero attached hydrogens (tertiary/aromatic N) is 3. The molecule has 0 N–H and O–H groups in total. The maximum atomic E-state index is 4.80. The predicted molar refractivity (Wildman–Crippen MR) is 296 cm³/mol. The topological polar surface area (TPSA) is 38.7 Å². The molecule has 0 unspecified atom stereocenters. The SMILES string of the molecule is [Ir+3].[c-]1cc(-c2ccccc2-c2cc(-c3ccccc3-c3c[c-]c(-c4ccccn4)cc3)cc(-c3ccccc3-c3c[c-]c(-c4cc(-c5ccc(-c6ccccc6)cc5)ccn4)cc3)c2)ccc1-c1ccccn1. The Morgan fingerprint density at radius 3 is 0.932 bits per heavy atom. The minimum Gasteiger partial charge on any atom is -0.305 e. The van der Waals surface area contributed by atoms with Gasteiger partial charge in [0.05, 0.1) is 0 Å². The van der Waals surface area contributed by atoms with E-state index < -0.39 is 0 Å². The average Bonchev–Trinajstić information content (AvgIpc) is 3.48. The Morgan fingerprint density at radius 1 is 0.219 bits per heavy atom. The van der Waals surface area contributed by atoms with E-state index in [1.54, 1.807) is 0 Å². The van der Waals surface area contributed by atoms with Crippen molar-refractivity contribution in [2.75, 3.05) is 0 Å². The molecule has 0 aliphatic rings. The second-order valence-electron chi connectivity index (χ2n) is 17.7. The molecule has 12 aromatic rings. The van der Waals surface area contributed by atoms with Crippen LogP contribution in [0.25, 0.3) is 123 Å². The zero-order chi connectivity index (χ0) is 48.1. The molecule has 3 aromatic heterocycles. The van der Waals surface area contributed by atoms with Gasteiger partial charge in [0.25, 0.3) is 0 Å². The van der Waals surface area contributed by atoms with Crippen LogP contribution in [0.4, 0.5) is 0 Å². The summed E-state index contributed by atoms with van der Waals surface area (Å²) in [7, 11) is 0. The van der Waals surface area contributed by atoms with E-state index in [4.69, 9.17) is 4.98 Å². The molecule has 3 heterocycles. The molecule has 0 bridgehead atoms. The molecule has 9 aromatic carbocycles. The van der Waals surface area contributed by atoms with Gasteiger partial charge >= 0.3 is 20.1 Å². The van der Waals surface area contributed by atoms with Crippen LogP contribution in [0.3, 0.4) is 0 Å². The van der Waals surface area contributed by atoms with Crippen LogP contribution in [0.1, 0.15) is 0 Å². The summed E-state index contributed by atoms with van der Waals surface area (Å²) in [5, 5.41) is 0. The van der Waals surface area contributed by atoms with E-state index in [1.165, 1.54) is 11.1 Å². The molecule has 0 atom stereocenters. The molecular weight excluding hydrogens is 1060 g/mol. The normalized spacial score (nSPS) is 10.9. The van der Waals surface area contributed by atoms with E-state index in [-0.39, 0.29) is 20.1 Å². The van der Waals surface area contributed by atoms with Gasteiger partial charge < -0.3 is 15.0 Å². The Kier molecular flexibility index (Phi) is 13.5. The standard InChI is InChI=1S/C69H44N3.Ir/c1-2-14-48(15-3-1)49-24-26-50(27-25-49)57-40-43-72-69(47-57)56-38-32-53(33-39-56)63-18-6-9-21-66(63)60-45-58(64-19-7-4-16-61(64)51-28-34-54(35-29-51)67-22-10-12-41-70-67)44-59(46-60)65-20-8-5-17-62(65)52-30-36-55(37-31-52)68-23-11-13-42-71-68;/h1-34,36,38,40-47H;/q-3;+3. The van der Waals surface area contributed by atoms with Gasteiger partial charge in [0.15, 0.2) is 0 Å². The van der Waals surface area contributed by atoms with Gasteiger partial charge in [-0.15, -0.1) is 89.5 Å². The third-order valence-corrected chi connectivity index (χ3v) is 13.3. The molecule has 12 rings (SSSR count). The summed E-state index contributed by atoms with van der Waals surface area (Å²) in [4.78, 5) is 13.9. The second-order valence-corrected chi connectivity index (χ2v) is 17.7. The first-order chi connectivity index (χ1) is 35.7. The molecule has 0 amide bonds. The molecule has 73 heavy (non-hydrogen) atoms. The van der Waals surface area contributed by atoms with Crippen molar-refractivity contribution < 1.29 is 20.1 Å². The fraction of sp³-hybridized carbons (Fsp3) is 0. The maximum absolute atomic E-state index is 4.80. The molecular formula is C69H44IrN3. The molecule has 0 radical (unpaired) electrons. The van der Waals surface area contributed by atoms with Gasteiger partial charge in [-0.2, -0.15) is 0 Å². The quantitative estimate of drug-likeness (QED) is 0.121. The Balaban J connectivity index is 0.00000574. The third-order valence-electron chi connectivity index (χ3n) is 13.3. The van der Waals surface area contributed by atoms with Crippen molar-refractivity contribution in [3.05, 3.63) is 286 Å². The summed E-state index contributed by atoms with van der Waals surface area (Å²) in [5.74, 6) is 0. The van der Waals surface area contributed by atoms with Crippen LogP contribution in [0.15, 0.2) is 267 Å². The summed E-state index contributed by atoms with van der Waals surface area (Å²) < 4.78 is 0. The molecule has 4 heteroatoms. The monoisotopic (exact) mass is 1110 g/mol. The number of hydrogen-bond acceptors (Lipinski definition) is 3. The van der Waals surface area contributed by atoms with Gasteiger partial charge in [-0.05, 0) is 109 Å². The van der Waals surface area contributed by atoms with Gasteiger partial charge in [0.2, 0.25) is 0 Å². The van der Waals surface area contributed by atoms with Gasteiger partial charge in [0, 0.05) is 18.6 Å². The van der Waals surface area contributed by atoms with Crippen molar-refractivity contribution in [1.82, 2.24) is 15.0 Å². The predicted octanol–water partition coefficient (Wildman–Crippen LogP) is 17.6. The zero-order valence-electron chi connectivity index (χ0n) is 39.6. The van der Waals surface area contributed by atoms with Crippen molar-refractivity contribution in [3.8, 4) is 123 Å². The number of benzene rings is 9. The van der Waals surface area contributed by atoms with Crippen LogP contribution in [-0.4, -0.2) is 15.0 Å². The maximum Gasteiger partial charge on any atom is 3.00 e. The van der Waals surface area contributed by atoms with Crippen LogP contribution in [0.5, 0.6) is 0 Å². The van der Waals surface area contributed by atoms with Crippen LogP contribution in [-0.2, 0) is 20.1 Å². The van der Waals surface area contributed by atoms with Gasteiger partial charge in [-0.3, -0.25) is 0 Å². The van der Waals surface area contributed by atoms with Crippen LogP contribution in [0.2, 0.25) is 0 Å². The first-order valence-corrected chi connectivity index (χ1v) is 24.1. The molecule has 0 saturated heterocycles. The van der Waals surface area contributed by atoms with E-state index in [0.717, 1.165) is 112 Å². The average molecular weight is 1110 g/mol. The van der Waals surface area contributed by atoms with Crippen LogP contribution < -0.4 is 0 Å². The molecule has 0 spiro atoms. The Hall–Kier alpha value is -8.92. The van der Waals surface area contributed by atoms with Crippen LogP contribution >= 0.6 is 0 Å². The first-order valence-electron chi connectivity index (χ1n) is 24.1. The Bertz CT molecular complexity index is 3660. The fourth-order valence-corrected chi connectivity index (χ4v) is 9.60. The summed E-state index contributed by atoms with van der Waals surface area (Å²) in [5.41, 5.74) is 23.5. The van der Waals surface area contributed by atoms with E-state index in [0.29, 0.717) is 0 Å². The second kappa shape index (κ2) is 21.2. The molecule has 0 aliphatic heterocycles. The molecule has 3 nitrogen and oxygen atoms in total. The Morgan fingerprint density at radius 2 is 0.548 bits per heavy atom. The van der Waals surface area contributed by atoms with Crippen molar-refractivity contribution >= 4 is 0 Å². The smallest absolute Gasteiger partial charge is 0.305 e. The first kappa shape index (κ1) is 46.5. The number of pyridine rings is 3. The molecule has 0 aliphatic carbocycles. The zero-order valence-corrected chi connectivity index (χ0v) is 42.0. The van der Waals surface area contributed by atoms with Crippen molar-refractivity contribution in [2.45, 2.75) is 0 Å². The largest absolute Gasteiger partial charge is 3.00 e. The summed E-state index contributed by atoms with van der Waals surface area (Å²) in [6, 6.07) is 98.2. The fourth-order valence-electron chi connectivity index (χ4n) is 9.60. The summed E-state index contributed by atoms with van der Waals surface area (Å²) in [6.45, 7) is 0. The van der Waals surface area contributed by atoms with Gasteiger partial charge in [-0.25, -0.2) is 0 Å². The minimum absolute atomic E-state index is 0. The summed E-state index contributed by atoms with van der Waals surface area (Å²) in [6.07, 6.45) is 5.53. The third kappa shape index (κ3) is 9.91.